The Kier molecular flexibility index (Phi) is 6.86. The Hall–Kier alpha value is -2.87. The van der Waals surface area contributed by atoms with Crippen LogP contribution in [0, 0.1) is 0 Å². The predicted molar refractivity (Wildman–Crippen MR) is 122 cm³/mol. The number of methoxy groups -OCH3 is 1. The van der Waals surface area contributed by atoms with Gasteiger partial charge in [-0.3, -0.25) is 14.3 Å². The van der Waals surface area contributed by atoms with Crippen LogP contribution in [0.1, 0.15) is 32.1 Å². The van der Waals surface area contributed by atoms with Gasteiger partial charge < -0.3 is 9.64 Å². The quantitative estimate of drug-likeness (QED) is 0.515. The minimum atomic E-state index is 0.120. The van der Waals surface area contributed by atoms with E-state index in [0.29, 0.717) is 28.5 Å². The lowest BCUT2D eigenvalue weighted by atomic mass is 9.94. The van der Waals surface area contributed by atoms with Crippen LogP contribution >= 0.6 is 11.8 Å². The second kappa shape index (κ2) is 9.96. The molecular weight excluding hydrogens is 410 g/mol. The van der Waals surface area contributed by atoms with Gasteiger partial charge in [0.2, 0.25) is 5.91 Å². The summed E-state index contributed by atoms with van der Waals surface area (Å²) in [6, 6.07) is 11.9. The number of para-hydroxylation sites is 2. The van der Waals surface area contributed by atoms with Gasteiger partial charge in [0, 0.05) is 31.0 Å². The first-order valence-corrected chi connectivity index (χ1v) is 11.5. The van der Waals surface area contributed by atoms with Gasteiger partial charge in [0.25, 0.3) is 0 Å². The number of thioether (sulfide) groups is 1. The first kappa shape index (κ1) is 21.4. The van der Waals surface area contributed by atoms with Crippen molar-refractivity contribution in [1.29, 1.82) is 0 Å². The maximum Gasteiger partial charge on any atom is 0.233 e. The largest absolute Gasteiger partial charge is 0.495 e. The van der Waals surface area contributed by atoms with E-state index in [1.54, 1.807) is 19.5 Å². The standard InChI is InChI=1S/C23H27N5O2S/c1-27(18-10-4-3-5-11-18)21(29)16-31-23-26-25-22(17-9-8-14-24-15-17)28(23)19-12-6-7-13-20(19)30-2/h6-9,12-15,18H,3-5,10-11,16H2,1-2H3. The van der Waals surface area contributed by atoms with Gasteiger partial charge in [-0.15, -0.1) is 10.2 Å². The van der Waals surface area contributed by atoms with E-state index in [0.717, 1.165) is 24.1 Å². The third kappa shape index (κ3) is 4.74. The molecule has 1 saturated carbocycles. The zero-order chi connectivity index (χ0) is 21.6. The molecule has 2 heterocycles. The molecule has 0 N–H and O–H groups in total. The average Bonchev–Trinajstić information content (AvgIpc) is 3.26. The number of aromatic nitrogens is 4. The Morgan fingerprint density at radius 2 is 1.97 bits per heavy atom. The number of amides is 1. The summed E-state index contributed by atoms with van der Waals surface area (Å²) < 4.78 is 7.52. The third-order valence-electron chi connectivity index (χ3n) is 5.72. The van der Waals surface area contributed by atoms with Gasteiger partial charge in [-0.2, -0.15) is 0 Å². The molecule has 0 bridgehead atoms. The van der Waals surface area contributed by atoms with Crippen molar-refractivity contribution < 1.29 is 9.53 Å². The molecular formula is C23H27N5O2S. The molecule has 2 aromatic heterocycles. The van der Waals surface area contributed by atoms with Crippen molar-refractivity contribution in [3.63, 3.8) is 0 Å². The SMILES string of the molecule is COc1ccccc1-n1c(SCC(=O)N(C)C2CCCCC2)nnc1-c1cccnc1. The van der Waals surface area contributed by atoms with Crippen LogP contribution in [0.5, 0.6) is 5.75 Å². The predicted octanol–water partition coefficient (Wildman–Crippen LogP) is 4.22. The van der Waals surface area contributed by atoms with E-state index in [9.17, 15) is 4.79 Å². The van der Waals surface area contributed by atoms with Crippen LogP contribution in [-0.4, -0.2) is 56.5 Å². The molecule has 162 valence electrons. The Morgan fingerprint density at radius 1 is 1.16 bits per heavy atom. The van der Waals surface area contributed by atoms with E-state index in [1.807, 2.05) is 52.9 Å². The van der Waals surface area contributed by atoms with Crippen molar-refractivity contribution in [2.75, 3.05) is 19.9 Å². The van der Waals surface area contributed by atoms with E-state index >= 15 is 0 Å². The number of carbonyl (C=O) groups excluding carboxylic acids is 1. The summed E-state index contributed by atoms with van der Waals surface area (Å²) in [6.07, 6.45) is 9.34. The second-order valence-corrected chi connectivity index (χ2v) is 8.58. The van der Waals surface area contributed by atoms with Gasteiger partial charge in [0.05, 0.1) is 18.6 Å². The number of benzene rings is 1. The first-order valence-electron chi connectivity index (χ1n) is 10.6. The third-order valence-corrected chi connectivity index (χ3v) is 6.63. The van der Waals surface area contributed by atoms with Crippen LogP contribution in [0.15, 0.2) is 53.9 Å². The highest BCUT2D eigenvalue weighted by Gasteiger charge is 2.24. The highest BCUT2D eigenvalue weighted by atomic mass is 32.2. The van der Waals surface area contributed by atoms with Crippen molar-refractivity contribution in [2.24, 2.45) is 0 Å². The summed E-state index contributed by atoms with van der Waals surface area (Å²) in [5, 5.41) is 9.48. The van der Waals surface area contributed by atoms with Crippen molar-refractivity contribution in [2.45, 2.75) is 43.3 Å². The van der Waals surface area contributed by atoms with Crippen molar-refractivity contribution in [3.8, 4) is 22.8 Å². The van der Waals surface area contributed by atoms with Crippen LogP contribution in [0.3, 0.4) is 0 Å². The maximum atomic E-state index is 12.9. The van der Waals surface area contributed by atoms with Crippen LogP contribution < -0.4 is 4.74 Å². The molecule has 0 radical (unpaired) electrons. The summed E-state index contributed by atoms with van der Waals surface area (Å²) in [6.45, 7) is 0. The zero-order valence-corrected chi connectivity index (χ0v) is 18.7. The van der Waals surface area contributed by atoms with E-state index in [-0.39, 0.29) is 5.91 Å². The monoisotopic (exact) mass is 437 g/mol. The van der Waals surface area contributed by atoms with Crippen LogP contribution in [-0.2, 0) is 4.79 Å². The van der Waals surface area contributed by atoms with Gasteiger partial charge in [0.15, 0.2) is 11.0 Å². The Labute approximate surface area is 186 Å². The van der Waals surface area contributed by atoms with Gasteiger partial charge in [-0.25, -0.2) is 0 Å². The van der Waals surface area contributed by atoms with Gasteiger partial charge in [0.1, 0.15) is 5.75 Å². The molecule has 1 amide bonds. The minimum absolute atomic E-state index is 0.120. The van der Waals surface area contributed by atoms with E-state index in [2.05, 4.69) is 15.2 Å². The van der Waals surface area contributed by atoms with E-state index in [4.69, 9.17) is 4.74 Å². The summed E-state index contributed by atoms with van der Waals surface area (Å²) in [7, 11) is 3.56. The number of hydrogen-bond donors (Lipinski definition) is 0. The second-order valence-electron chi connectivity index (χ2n) is 7.64. The molecule has 1 fully saturated rings. The van der Waals surface area contributed by atoms with Gasteiger partial charge in [-0.1, -0.05) is 43.2 Å². The van der Waals surface area contributed by atoms with E-state index < -0.39 is 0 Å². The topological polar surface area (TPSA) is 73.1 Å². The first-order chi connectivity index (χ1) is 15.2. The van der Waals surface area contributed by atoms with Crippen LogP contribution in [0.2, 0.25) is 0 Å². The molecule has 3 aromatic rings. The molecule has 0 aliphatic heterocycles. The van der Waals surface area contributed by atoms with Crippen LogP contribution in [0.25, 0.3) is 17.1 Å². The van der Waals surface area contributed by atoms with Crippen molar-refractivity contribution in [1.82, 2.24) is 24.6 Å². The highest BCUT2D eigenvalue weighted by Crippen LogP contribution is 2.32. The lowest BCUT2D eigenvalue weighted by Crippen LogP contribution is -2.39. The summed E-state index contributed by atoms with van der Waals surface area (Å²) in [4.78, 5) is 19.0. The zero-order valence-electron chi connectivity index (χ0n) is 17.9. The fourth-order valence-corrected chi connectivity index (χ4v) is 4.85. The lowest BCUT2D eigenvalue weighted by Gasteiger charge is -2.31. The fourth-order valence-electron chi connectivity index (χ4n) is 3.98. The molecule has 7 nitrogen and oxygen atoms in total. The molecule has 8 heteroatoms. The lowest BCUT2D eigenvalue weighted by molar-refractivity contribution is -0.129. The number of carbonyl (C=O) groups is 1. The molecule has 0 unspecified atom stereocenters. The maximum absolute atomic E-state index is 12.9. The highest BCUT2D eigenvalue weighted by molar-refractivity contribution is 7.99. The number of ether oxygens (including phenoxy) is 1. The molecule has 1 aliphatic rings. The fraction of sp³-hybridized carbons (Fsp3) is 0.391. The summed E-state index contributed by atoms with van der Waals surface area (Å²) in [5.74, 6) is 1.80. The molecule has 31 heavy (non-hydrogen) atoms. The summed E-state index contributed by atoms with van der Waals surface area (Å²) in [5.41, 5.74) is 1.67. The normalized spacial score (nSPS) is 14.4. The molecule has 1 aliphatic carbocycles. The van der Waals surface area contributed by atoms with Crippen molar-refractivity contribution >= 4 is 17.7 Å². The van der Waals surface area contributed by atoms with E-state index in [1.165, 1.54) is 31.0 Å². The summed E-state index contributed by atoms with van der Waals surface area (Å²) >= 11 is 1.40. The molecule has 1 aromatic carbocycles. The van der Waals surface area contributed by atoms with Crippen molar-refractivity contribution in [3.05, 3.63) is 48.8 Å². The van der Waals surface area contributed by atoms with Gasteiger partial charge >= 0.3 is 0 Å². The molecule has 4 rings (SSSR count). The number of pyridine rings is 1. The number of nitrogens with zero attached hydrogens (tertiary/aromatic N) is 5. The smallest absolute Gasteiger partial charge is 0.233 e. The molecule has 0 atom stereocenters. The number of hydrogen-bond acceptors (Lipinski definition) is 6. The molecule has 0 saturated heterocycles. The minimum Gasteiger partial charge on any atom is -0.495 e. The number of rotatable bonds is 7. The van der Waals surface area contributed by atoms with Crippen LogP contribution in [0.4, 0.5) is 0 Å². The Balaban J connectivity index is 1.62. The molecule has 0 spiro atoms. The van der Waals surface area contributed by atoms with Gasteiger partial charge in [-0.05, 0) is 37.1 Å². The Morgan fingerprint density at radius 3 is 2.71 bits per heavy atom. The average molecular weight is 438 g/mol. The Bertz CT molecular complexity index is 1020.